The summed E-state index contributed by atoms with van der Waals surface area (Å²) < 4.78 is 4.10. The number of imidazole rings is 1. The molecule has 0 aromatic carbocycles. The van der Waals surface area contributed by atoms with Crippen molar-refractivity contribution in [2.45, 2.75) is 30.6 Å². The van der Waals surface area contributed by atoms with Crippen LogP contribution in [-0.4, -0.2) is 30.7 Å². The molecule has 0 aliphatic heterocycles. The molecule has 3 aromatic heterocycles. The minimum Gasteiger partial charge on any atom is -0.311 e. The van der Waals surface area contributed by atoms with Crippen molar-refractivity contribution in [3.8, 4) is 0 Å². The zero-order valence-corrected chi connectivity index (χ0v) is 13.2. The smallest absolute Gasteiger partial charge is 0.197 e. The van der Waals surface area contributed by atoms with Crippen molar-refractivity contribution in [2.24, 2.45) is 7.05 Å². The van der Waals surface area contributed by atoms with Gasteiger partial charge >= 0.3 is 0 Å². The van der Waals surface area contributed by atoms with Crippen molar-refractivity contribution < 1.29 is 0 Å². The highest BCUT2D eigenvalue weighted by Crippen LogP contribution is 2.29. The Morgan fingerprint density at radius 1 is 1.29 bits per heavy atom. The lowest BCUT2D eigenvalue weighted by molar-refractivity contribution is 0.693. The molecule has 0 radical (unpaired) electrons. The van der Waals surface area contributed by atoms with Crippen molar-refractivity contribution >= 4 is 17.4 Å². The zero-order valence-electron chi connectivity index (χ0n) is 12.4. The van der Waals surface area contributed by atoms with Crippen molar-refractivity contribution in [3.63, 3.8) is 0 Å². The van der Waals surface area contributed by atoms with Gasteiger partial charge in [0.15, 0.2) is 5.16 Å². The van der Waals surface area contributed by atoms with Crippen LogP contribution in [0.3, 0.4) is 0 Å². The van der Waals surface area contributed by atoms with Crippen LogP contribution in [0.25, 0.3) is 5.65 Å². The quantitative estimate of drug-likeness (QED) is 0.781. The van der Waals surface area contributed by atoms with Crippen LogP contribution in [0, 0.1) is 6.92 Å². The Morgan fingerprint density at radius 2 is 2.14 bits per heavy atom. The van der Waals surface area contributed by atoms with Gasteiger partial charge in [0.2, 0.25) is 0 Å². The number of pyridine rings is 1. The van der Waals surface area contributed by atoms with Crippen LogP contribution in [-0.2, 0) is 13.6 Å². The lowest BCUT2D eigenvalue weighted by atomic mass is 10.4. The number of aryl methyl sites for hydroxylation is 1. The number of fused-ring (bicyclic) bond motifs is 1. The molecule has 0 amide bonds. The van der Waals surface area contributed by atoms with Gasteiger partial charge in [-0.25, -0.2) is 4.98 Å². The van der Waals surface area contributed by atoms with Crippen molar-refractivity contribution in [3.05, 3.63) is 35.9 Å². The van der Waals surface area contributed by atoms with Crippen LogP contribution < -0.4 is 5.32 Å². The fourth-order valence-corrected chi connectivity index (χ4v) is 3.03. The van der Waals surface area contributed by atoms with Crippen LogP contribution in [0.1, 0.15) is 18.4 Å². The van der Waals surface area contributed by atoms with E-state index < -0.39 is 0 Å². The summed E-state index contributed by atoms with van der Waals surface area (Å²) in [5.41, 5.74) is 2.10. The largest absolute Gasteiger partial charge is 0.311 e. The molecule has 3 heterocycles. The van der Waals surface area contributed by atoms with E-state index in [4.69, 9.17) is 4.98 Å². The average Bonchev–Trinajstić information content (AvgIpc) is 3.00. The number of nitrogens with zero attached hydrogens (tertiary/aromatic N) is 5. The molecule has 0 spiro atoms. The third-order valence-electron chi connectivity index (χ3n) is 3.38. The fourth-order valence-electron chi connectivity index (χ4n) is 2.07. The normalized spacial score (nSPS) is 11.4. The Balaban J connectivity index is 2.02. The number of hydrogen-bond acceptors (Lipinski definition) is 5. The Labute approximate surface area is 127 Å². The molecular weight excluding hydrogens is 284 g/mol. The Kier molecular flexibility index (Phi) is 3.94. The second-order valence-corrected chi connectivity index (χ2v) is 5.72. The zero-order chi connectivity index (χ0) is 14.8. The van der Waals surface area contributed by atoms with Gasteiger partial charge in [-0.3, -0.25) is 0 Å². The van der Waals surface area contributed by atoms with Crippen molar-refractivity contribution in [2.75, 3.05) is 6.54 Å². The highest BCUT2D eigenvalue weighted by Gasteiger charge is 2.16. The summed E-state index contributed by atoms with van der Waals surface area (Å²) in [6.07, 6.45) is 2.04. The maximum Gasteiger partial charge on any atom is 0.197 e. The average molecular weight is 302 g/mol. The second kappa shape index (κ2) is 5.87. The maximum absolute atomic E-state index is 4.72. The minimum absolute atomic E-state index is 0.779. The lowest BCUT2D eigenvalue weighted by Crippen LogP contribution is -2.14. The van der Waals surface area contributed by atoms with E-state index in [1.165, 1.54) is 0 Å². The van der Waals surface area contributed by atoms with E-state index in [2.05, 4.69) is 26.8 Å². The molecule has 3 aromatic rings. The molecule has 1 N–H and O–H groups in total. The van der Waals surface area contributed by atoms with Crippen LogP contribution >= 0.6 is 11.8 Å². The standard InChI is InChI=1S/C14H18N6S/c1-4-15-9-11-13(16-12-7-5-6-8-20(11)12)21-14-18-17-10(2)19(14)3/h5-8,15H,4,9H2,1-3H3. The molecule has 0 unspecified atom stereocenters. The summed E-state index contributed by atoms with van der Waals surface area (Å²) in [5, 5.41) is 13.5. The van der Waals surface area contributed by atoms with Gasteiger partial charge in [0, 0.05) is 19.8 Å². The Hall–Kier alpha value is -1.86. The van der Waals surface area contributed by atoms with E-state index in [1.54, 1.807) is 11.8 Å². The summed E-state index contributed by atoms with van der Waals surface area (Å²) in [7, 11) is 1.97. The van der Waals surface area contributed by atoms with E-state index in [-0.39, 0.29) is 0 Å². The third kappa shape index (κ3) is 2.66. The molecule has 7 heteroatoms. The van der Waals surface area contributed by atoms with Crippen molar-refractivity contribution in [1.29, 1.82) is 0 Å². The van der Waals surface area contributed by atoms with E-state index in [0.29, 0.717) is 0 Å². The number of rotatable bonds is 5. The van der Waals surface area contributed by atoms with E-state index in [1.807, 2.05) is 42.9 Å². The highest BCUT2D eigenvalue weighted by atomic mass is 32.2. The molecule has 0 atom stereocenters. The maximum atomic E-state index is 4.72. The first-order valence-electron chi connectivity index (χ1n) is 6.91. The van der Waals surface area contributed by atoms with Gasteiger partial charge in [-0.15, -0.1) is 10.2 Å². The van der Waals surface area contributed by atoms with Crippen LogP contribution in [0.4, 0.5) is 0 Å². The topological polar surface area (TPSA) is 60.0 Å². The molecule has 0 saturated heterocycles. The first kappa shape index (κ1) is 14.1. The van der Waals surface area contributed by atoms with Gasteiger partial charge in [0.1, 0.15) is 16.5 Å². The summed E-state index contributed by atoms with van der Waals surface area (Å²) in [6, 6.07) is 6.03. The minimum atomic E-state index is 0.779. The van der Waals surface area contributed by atoms with Gasteiger partial charge in [-0.1, -0.05) is 13.0 Å². The second-order valence-electron chi connectivity index (χ2n) is 4.76. The number of nitrogens with one attached hydrogen (secondary N) is 1. The van der Waals surface area contributed by atoms with E-state index >= 15 is 0 Å². The molecule has 0 aliphatic rings. The van der Waals surface area contributed by atoms with Crippen LogP contribution in [0.2, 0.25) is 0 Å². The van der Waals surface area contributed by atoms with Gasteiger partial charge in [0.25, 0.3) is 0 Å². The van der Waals surface area contributed by atoms with Gasteiger partial charge in [-0.05, 0) is 37.4 Å². The molecule has 0 fully saturated rings. The molecule has 3 rings (SSSR count). The summed E-state index contributed by atoms with van der Waals surface area (Å²) in [4.78, 5) is 4.72. The van der Waals surface area contributed by atoms with E-state index in [0.717, 1.165) is 40.4 Å². The lowest BCUT2D eigenvalue weighted by Gasteiger charge is -2.05. The van der Waals surface area contributed by atoms with Crippen LogP contribution in [0.5, 0.6) is 0 Å². The predicted octanol–water partition coefficient (Wildman–Crippen LogP) is 2.03. The molecule has 0 bridgehead atoms. The molecule has 110 valence electrons. The summed E-state index contributed by atoms with van der Waals surface area (Å²) in [5.74, 6) is 0.898. The molecule has 0 saturated carbocycles. The van der Waals surface area contributed by atoms with Crippen LogP contribution in [0.15, 0.2) is 34.6 Å². The SMILES string of the molecule is CCNCc1c(Sc2nnc(C)n2C)nc2ccccn12. The van der Waals surface area contributed by atoms with Gasteiger partial charge in [0.05, 0.1) is 5.69 Å². The Morgan fingerprint density at radius 3 is 2.86 bits per heavy atom. The Bertz CT molecular complexity index is 760. The summed E-state index contributed by atoms with van der Waals surface area (Å²) in [6.45, 7) is 5.75. The molecular formula is C14H18N6S. The molecule has 0 aliphatic carbocycles. The monoisotopic (exact) mass is 302 g/mol. The van der Waals surface area contributed by atoms with Crippen molar-refractivity contribution in [1.82, 2.24) is 29.5 Å². The fraction of sp³-hybridized carbons (Fsp3) is 0.357. The first-order valence-corrected chi connectivity index (χ1v) is 7.73. The molecule has 21 heavy (non-hydrogen) atoms. The summed E-state index contributed by atoms with van der Waals surface area (Å²) >= 11 is 1.56. The van der Waals surface area contributed by atoms with E-state index in [9.17, 15) is 0 Å². The molecule has 6 nitrogen and oxygen atoms in total. The predicted molar refractivity (Wildman–Crippen MR) is 82.4 cm³/mol. The first-order chi connectivity index (χ1) is 10.2. The number of hydrogen-bond donors (Lipinski definition) is 1. The van der Waals surface area contributed by atoms with Gasteiger partial charge < -0.3 is 14.3 Å². The third-order valence-corrected chi connectivity index (χ3v) is 4.43. The highest BCUT2D eigenvalue weighted by molar-refractivity contribution is 7.99. The number of aromatic nitrogens is 5. The van der Waals surface area contributed by atoms with Gasteiger partial charge in [-0.2, -0.15) is 0 Å².